The van der Waals surface area contributed by atoms with E-state index < -0.39 is 5.97 Å². The van der Waals surface area contributed by atoms with Gasteiger partial charge in [-0.15, -0.1) is 0 Å². The second-order valence-corrected chi connectivity index (χ2v) is 3.96. The number of nitrogens with zero attached hydrogens (tertiary/aromatic N) is 1. The Bertz CT molecular complexity index is 417. The first-order valence-corrected chi connectivity index (χ1v) is 6.20. The van der Waals surface area contributed by atoms with E-state index in [1.54, 1.807) is 0 Å². The highest BCUT2D eigenvalue weighted by Gasteiger charge is 2.08. The monoisotopic (exact) mass is 266 g/mol. The summed E-state index contributed by atoms with van der Waals surface area (Å²) in [6, 6.07) is 2.75. The van der Waals surface area contributed by atoms with E-state index in [-0.39, 0.29) is 17.2 Å². The Hall–Kier alpha value is -1.95. The Labute approximate surface area is 111 Å². The number of carboxylic acids is 1. The molecule has 0 spiro atoms. The van der Waals surface area contributed by atoms with Crippen LogP contribution in [-0.4, -0.2) is 41.7 Å². The molecule has 1 heterocycles. The molecule has 19 heavy (non-hydrogen) atoms. The minimum absolute atomic E-state index is 0.0597. The highest BCUT2D eigenvalue weighted by molar-refractivity contribution is 5.93. The van der Waals surface area contributed by atoms with Gasteiger partial charge in [-0.2, -0.15) is 0 Å². The summed E-state index contributed by atoms with van der Waals surface area (Å²) < 4.78 is 5.28. The van der Waals surface area contributed by atoms with Crippen molar-refractivity contribution in [2.45, 2.75) is 19.8 Å². The second-order valence-electron chi connectivity index (χ2n) is 3.96. The zero-order chi connectivity index (χ0) is 14.1. The van der Waals surface area contributed by atoms with Crippen LogP contribution in [0.5, 0.6) is 0 Å². The number of carbonyl (C=O) groups is 2. The van der Waals surface area contributed by atoms with Crippen molar-refractivity contribution in [1.82, 2.24) is 10.3 Å². The summed E-state index contributed by atoms with van der Waals surface area (Å²) >= 11 is 0. The fourth-order valence-electron chi connectivity index (χ4n) is 1.37. The topological polar surface area (TPSA) is 88.5 Å². The van der Waals surface area contributed by atoms with Gasteiger partial charge in [-0.3, -0.25) is 9.78 Å². The van der Waals surface area contributed by atoms with E-state index in [1.165, 1.54) is 18.3 Å². The van der Waals surface area contributed by atoms with Crippen LogP contribution < -0.4 is 5.32 Å². The molecule has 6 nitrogen and oxygen atoms in total. The van der Waals surface area contributed by atoms with Gasteiger partial charge in [0.25, 0.3) is 5.91 Å². The zero-order valence-corrected chi connectivity index (χ0v) is 10.9. The third-order valence-corrected chi connectivity index (χ3v) is 2.34. The third kappa shape index (κ3) is 5.48. The normalized spacial score (nSPS) is 10.2. The van der Waals surface area contributed by atoms with Crippen LogP contribution in [0, 0.1) is 0 Å². The third-order valence-electron chi connectivity index (χ3n) is 2.34. The van der Waals surface area contributed by atoms with Crippen molar-refractivity contribution in [1.29, 1.82) is 0 Å². The summed E-state index contributed by atoms with van der Waals surface area (Å²) in [6.45, 7) is 3.88. The van der Waals surface area contributed by atoms with Crippen LogP contribution in [0.15, 0.2) is 18.3 Å². The number of aromatic carboxylic acids is 1. The molecule has 0 fully saturated rings. The van der Waals surface area contributed by atoms with Crippen molar-refractivity contribution in [3.05, 3.63) is 29.6 Å². The molecule has 2 N–H and O–H groups in total. The molecule has 1 rings (SSSR count). The molecule has 0 aliphatic carbocycles. The lowest BCUT2D eigenvalue weighted by Gasteiger charge is -2.05. The molecule has 0 radical (unpaired) electrons. The first-order valence-electron chi connectivity index (χ1n) is 6.20. The van der Waals surface area contributed by atoms with Gasteiger partial charge in [-0.1, -0.05) is 6.92 Å². The van der Waals surface area contributed by atoms with Crippen molar-refractivity contribution in [3.8, 4) is 0 Å². The van der Waals surface area contributed by atoms with E-state index in [9.17, 15) is 9.59 Å². The molecule has 104 valence electrons. The molecular weight excluding hydrogens is 248 g/mol. The number of rotatable bonds is 8. The Kier molecular flexibility index (Phi) is 6.52. The average molecular weight is 266 g/mol. The lowest BCUT2D eigenvalue weighted by molar-refractivity contribution is 0.0695. The maximum Gasteiger partial charge on any atom is 0.337 e. The van der Waals surface area contributed by atoms with E-state index >= 15 is 0 Å². The number of aromatic nitrogens is 1. The first-order chi connectivity index (χ1) is 9.15. The second kappa shape index (κ2) is 8.20. The molecule has 0 aliphatic rings. The number of carbonyl (C=O) groups excluding carboxylic acids is 1. The first kappa shape index (κ1) is 15.1. The molecular formula is C13H18N2O4. The van der Waals surface area contributed by atoms with Crippen LogP contribution >= 0.6 is 0 Å². The van der Waals surface area contributed by atoms with Gasteiger partial charge >= 0.3 is 5.97 Å². The van der Waals surface area contributed by atoms with E-state index in [0.717, 1.165) is 19.4 Å². The molecule has 6 heteroatoms. The van der Waals surface area contributed by atoms with Crippen molar-refractivity contribution < 1.29 is 19.4 Å². The molecule has 0 saturated heterocycles. The number of ether oxygens (including phenoxy) is 1. The largest absolute Gasteiger partial charge is 0.478 e. The van der Waals surface area contributed by atoms with Gasteiger partial charge in [0.05, 0.1) is 5.56 Å². The standard InChI is InChI=1S/C13H18N2O4/c1-2-7-19-8-3-6-14-12(16)11-5-4-10(9-15-11)13(17)18/h4-5,9H,2-3,6-8H2,1H3,(H,14,16)(H,17,18). The number of amides is 1. The van der Waals surface area contributed by atoms with Crippen LogP contribution in [0.25, 0.3) is 0 Å². The average Bonchev–Trinajstić information content (AvgIpc) is 2.42. The van der Waals surface area contributed by atoms with Gasteiger partial charge in [0.15, 0.2) is 0 Å². The number of hydrogen-bond donors (Lipinski definition) is 2. The summed E-state index contributed by atoms with van der Waals surface area (Å²) in [5.41, 5.74) is 0.268. The highest BCUT2D eigenvalue weighted by Crippen LogP contribution is 2.00. The van der Waals surface area contributed by atoms with Gasteiger partial charge in [-0.05, 0) is 25.0 Å². The smallest absolute Gasteiger partial charge is 0.337 e. The van der Waals surface area contributed by atoms with Gasteiger partial charge < -0.3 is 15.2 Å². The number of carboxylic acid groups (broad SMARTS) is 1. The fourth-order valence-corrected chi connectivity index (χ4v) is 1.37. The van der Waals surface area contributed by atoms with Gasteiger partial charge in [0.1, 0.15) is 5.69 Å². The van der Waals surface area contributed by atoms with Gasteiger partial charge in [0.2, 0.25) is 0 Å². The molecule has 0 unspecified atom stereocenters. The fraction of sp³-hybridized carbons (Fsp3) is 0.462. The van der Waals surface area contributed by atoms with Crippen LogP contribution in [0.1, 0.15) is 40.6 Å². The van der Waals surface area contributed by atoms with Gasteiger partial charge in [-0.25, -0.2) is 4.79 Å². The molecule has 0 saturated carbocycles. The zero-order valence-electron chi connectivity index (χ0n) is 10.9. The predicted octanol–water partition coefficient (Wildman–Crippen LogP) is 1.33. The van der Waals surface area contributed by atoms with Crippen molar-refractivity contribution in [2.24, 2.45) is 0 Å². The summed E-state index contributed by atoms with van der Waals surface area (Å²) in [7, 11) is 0. The van der Waals surface area contributed by atoms with Crippen LogP contribution in [0.4, 0.5) is 0 Å². The number of hydrogen-bond acceptors (Lipinski definition) is 4. The van der Waals surface area contributed by atoms with Crippen LogP contribution in [-0.2, 0) is 4.74 Å². The highest BCUT2D eigenvalue weighted by atomic mass is 16.5. The number of pyridine rings is 1. The summed E-state index contributed by atoms with van der Waals surface area (Å²) in [4.78, 5) is 26.1. The van der Waals surface area contributed by atoms with Crippen molar-refractivity contribution >= 4 is 11.9 Å². The summed E-state index contributed by atoms with van der Waals surface area (Å²) in [5.74, 6) is -1.38. The summed E-state index contributed by atoms with van der Waals surface area (Å²) in [5, 5.41) is 11.4. The minimum atomic E-state index is -1.06. The van der Waals surface area contributed by atoms with Crippen LogP contribution in [0.2, 0.25) is 0 Å². The quantitative estimate of drug-likeness (QED) is 0.693. The SMILES string of the molecule is CCCOCCCNC(=O)c1ccc(C(=O)O)cn1. The lowest BCUT2D eigenvalue weighted by atomic mass is 10.2. The van der Waals surface area contributed by atoms with E-state index in [0.29, 0.717) is 13.2 Å². The molecule has 1 amide bonds. The Morgan fingerprint density at radius 3 is 2.74 bits per heavy atom. The Morgan fingerprint density at radius 1 is 1.37 bits per heavy atom. The summed E-state index contributed by atoms with van der Waals surface area (Å²) in [6.07, 6.45) is 2.88. The molecule has 1 aromatic rings. The van der Waals surface area contributed by atoms with Crippen molar-refractivity contribution in [2.75, 3.05) is 19.8 Å². The molecule has 0 atom stereocenters. The van der Waals surface area contributed by atoms with E-state index in [1.807, 2.05) is 6.92 Å². The van der Waals surface area contributed by atoms with Crippen molar-refractivity contribution in [3.63, 3.8) is 0 Å². The molecule has 0 aromatic carbocycles. The van der Waals surface area contributed by atoms with Crippen LogP contribution in [0.3, 0.4) is 0 Å². The maximum absolute atomic E-state index is 11.7. The van der Waals surface area contributed by atoms with E-state index in [4.69, 9.17) is 9.84 Å². The van der Waals surface area contributed by atoms with E-state index in [2.05, 4.69) is 10.3 Å². The molecule has 0 aliphatic heterocycles. The molecule has 1 aromatic heterocycles. The minimum Gasteiger partial charge on any atom is -0.478 e. The maximum atomic E-state index is 11.7. The predicted molar refractivity (Wildman–Crippen MR) is 69.3 cm³/mol. The Balaban J connectivity index is 2.31. The molecule has 0 bridgehead atoms. The number of nitrogens with one attached hydrogen (secondary N) is 1. The lowest BCUT2D eigenvalue weighted by Crippen LogP contribution is -2.26. The van der Waals surface area contributed by atoms with Gasteiger partial charge in [0, 0.05) is 26.0 Å². The Morgan fingerprint density at radius 2 is 2.16 bits per heavy atom.